The second kappa shape index (κ2) is 9.27. The molecule has 1 atom stereocenters. The Labute approximate surface area is 208 Å². The van der Waals surface area contributed by atoms with Crippen molar-refractivity contribution < 1.29 is 14.1 Å². The van der Waals surface area contributed by atoms with Crippen molar-refractivity contribution in [2.24, 2.45) is 0 Å². The highest BCUT2D eigenvalue weighted by molar-refractivity contribution is 6.30. The topological polar surface area (TPSA) is 80.5 Å². The fraction of sp³-hybridized carbons (Fsp3) is 0.148. The maximum Gasteiger partial charge on any atom is 0.326 e. The first-order valence-electron chi connectivity index (χ1n) is 11.1. The Morgan fingerprint density at radius 2 is 1.80 bits per heavy atom. The third-order valence-corrected chi connectivity index (χ3v) is 6.18. The molecule has 3 aromatic carbocycles. The molecule has 0 bridgehead atoms. The van der Waals surface area contributed by atoms with Gasteiger partial charge in [-0.3, -0.25) is 4.90 Å². The molecule has 0 spiro atoms. The second-order valence-electron chi connectivity index (χ2n) is 8.26. The number of carbonyl (C=O) groups excluding carboxylic acids is 1. The van der Waals surface area contributed by atoms with Gasteiger partial charge in [0.25, 0.3) is 5.89 Å². The Balaban J connectivity index is 1.66. The minimum Gasteiger partial charge on any atom is -0.497 e. The van der Waals surface area contributed by atoms with Crippen molar-refractivity contribution in [1.82, 2.24) is 15.5 Å². The van der Waals surface area contributed by atoms with Gasteiger partial charge in [0.15, 0.2) is 0 Å². The summed E-state index contributed by atoms with van der Waals surface area (Å²) in [5, 5.41) is 7.92. The van der Waals surface area contributed by atoms with Crippen LogP contribution in [-0.4, -0.2) is 23.3 Å². The number of rotatable bonds is 5. The number of hydrogen-bond acceptors (Lipinski definition) is 5. The van der Waals surface area contributed by atoms with Gasteiger partial charge in [0.1, 0.15) is 5.75 Å². The molecular formula is C27H23ClN4O3. The summed E-state index contributed by atoms with van der Waals surface area (Å²) in [7, 11) is 1.61. The van der Waals surface area contributed by atoms with Crippen LogP contribution in [0.15, 0.2) is 83.0 Å². The normalized spacial score (nSPS) is 15.8. The molecule has 0 saturated carbocycles. The number of nitrogens with zero attached hydrogens (tertiary/aromatic N) is 3. The van der Waals surface area contributed by atoms with E-state index in [1.807, 2.05) is 62.4 Å². The third-order valence-electron chi connectivity index (χ3n) is 5.93. The SMILES string of the molecule is COc1cccc(C2NC(=O)N(c3ccc(Cl)cc3)C(C)=C2c2nc(-c3cccc(C)c3)no2)c1. The lowest BCUT2D eigenvalue weighted by molar-refractivity contribution is 0.244. The first-order valence-corrected chi connectivity index (χ1v) is 11.4. The molecule has 1 aliphatic heterocycles. The lowest BCUT2D eigenvalue weighted by Gasteiger charge is -2.35. The van der Waals surface area contributed by atoms with Gasteiger partial charge in [-0.2, -0.15) is 4.98 Å². The van der Waals surface area contributed by atoms with E-state index in [1.54, 1.807) is 36.3 Å². The molecular weight excluding hydrogens is 464 g/mol. The highest BCUT2D eigenvalue weighted by Crippen LogP contribution is 2.40. The van der Waals surface area contributed by atoms with Gasteiger partial charge in [0.05, 0.1) is 24.4 Å². The molecule has 1 N–H and O–H groups in total. The first kappa shape index (κ1) is 22.7. The summed E-state index contributed by atoms with van der Waals surface area (Å²) < 4.78 is 11.2. The molecule has 0 aliphatic carbocycles. The van der Waals surface area contributed by atoms with Gasteiger partial charge in [-0.1, -0.05) is 52.7 Å². The van der Waals surface area contributed by atoms with Crippen LogP contribution in [0.5, 0.6) is 5.75 Å². The van der Waals surface area contributed by atoms with Crippen LogP contribution < -0.4 is 15.0 Å². The summed E-state index contributed by atoms with van der Waals surface area (Å²) in [5.41, 5.74) is 4.81. The highest BCUT2D eigenvalue weighted by atomic mass is 35.5. The number of amides is 2. The average Bonchev–Trinajstić information content (AvgIpc) is 3.35. The second-order valence-corrected chi connectivity index (χ2v) is 8.70. The van der Waals surface area contributed by atoms with Crippen LogP contribution in [-0.2, 0) is 0 Å². The summed E-state index contributed by atoms with van der Waals surface area (Å²) in [4.78, 5) is 19.6. The van der Waals surface area contributed by atoms with E-state index in [2.05, 4.69) is 10.5 Å². The van der Waals surface area contributed by atoms with E-state index in [9.17, 15) is 4.79 Å². The van der Waals surface area contributed by atoms with Crippen LogP contribution in [0.3, 0.4) is 0 Å². The number of urea groups is 1. The Morgan fingerprint density at radius 3 is 2.54 bits per heavy atom. The molecule has 0 radical (unpaired) electrons. The number of carbonyl (C=O) groups is 1. The van der Waals surface area contributed by atoms with Gasteiger partial charge in [-0.15, -0.1) is 0 Å². The van der Waals surface area contributed by atoms with E-state index in [-0.39, 0.29) is 6.03 Å². The number of aromatic nitrogens is 2. The smallest absolute Gasteiger partial charge is 0.326 e. The molecule has 8 heteroatoms. The number of methoxy groups -OCH3 is 1. The summed E-state index contributed by atoms with van der Waals surface area (Å²) in [6.07, 6.45) is 0. The molecule has 5 rings (SSSR count). The molecule has 35 heavy (non-hydrogen) atoms. The molecule has 0 fully saturated rings. The Morgan fingerprint density at radius 1 is 1.03 bits per heavy atom. The summed E-state index contributed by atoms with van der Waals surface area (Å²) in [5.74, 6) is 1.48. The molecule has 1 aliphatic rings. The standard InChI is InChI=1S/C27H23ClN4O3/c1-16-6-4-8-19(14-16)25-30-26(35-31-25)23-17(2)32(21-12-10-20(28)11-13-21)27(33)29-24(23)18-7-5-9-22(15-18)34-3/h4-15,24H,1-3H3,(H,29,33). The maximum atomic E-state index is 13.3. The van der Waals surface area contributed by atoms with Crippen molar-refractivity contribution in [2.75, 3.05) is 12.0 Å². The number of nitrogens with one attached hydrogen (secondary N) is 1. The Hall–Kier alpha value is -4.10. The molecule has 1 unspecified atom stereocenters. The van der Waals surface area contributed by atoms with Crippen molar-refractivity contribution in [3.8, 4) is 17.1 Å². The van der Waals surface area contributed by atoms with Crippen LogP contribution in [0.25, 0.3) is 17.0 Å². The van der Waals surface area contributed by atoms with E-state index in [0.717, 1.165) is 16.7 Å². The quantitative estimate of drug-likeness (QED) is 0.352. The number of ether oxygens (including phenoxy) is 1. The van der Waals surface area contributed by atoms with E-state index < -0.39 is 6.04 Å². The van der Waals surface area contributed by atoms with E-state index in [0.29, 0.717) is 39.4 Å². The predicted octanol–water partition coefficient (Wildman–Crippen LogP) is 6.41. The van der Waals surface area contributed by atoms with Crippen LogP contribution in [0.1, 0.15) is 30.0 Å². The molecule has 1 aromatic heterocycles. The lowest BCUT2D eigenvalue weighted by atomic mass is 9.94. The van der Waals surface area contributed by atoms with E-state index >= 15 is 0 Å². The minimum absolute atomic E-state index is 0.278. The van der Waals surface area contributed by atoms with Crippen LogP contribution >= 0.6 is 11.6 Å². The van der Waals surface area contributed by atoms with Crippen molar-refractivity contribution in [1.29, 1.82) is 0 Å². The van der Waals surface area contributed by atoms with Crippen LogP contribution in [0.2, 0.25) is 5.02 Å². The number of hydrogen-bond donors (Lipinski definition) is 1. The fourth-order valence-corrected chi connectivity index (χ4v) is 4.35. The molecule has 2 heterocycles. The number of allylic oxidation sites excluding steroid dienone is 1. The van der Waals surface area contributed by atoms with Crippen molar-refractivity contribution in [3.05, 3.63) is 101 Å². The molecule has 4 aromatic rings. The first-order chi connectivity index (χ1) is 16.9. The van der Waals surface area contributed by atoms with Gasteiger partial charge in [-0.25, -0.2) is 4.79 Å². The Kier molecular flexibility index (Phi) is 6.01. The largest absolute Gasteiger partial charge is 0.497 e. The monoisotopic (exact) mass is 486 g/mol. The summed E-state index contributed by atoms with van der Waals surface area (Å²) in [6, 6.07) is 21.7. The molecule has 176 valence electrons. The van der Waals surface area contributed by atoms with Crippen LogP contribution in [0.4, 0.5) is 10.5 Å². The fourth-order valence-electron chi connectivity index (χ4n) is 4.23. The number of anilines is 1. The molecule has 7 nitrogen and oxygen atoms in total. The summed E-state index contributed by atoms with van der Waals surface area (Å²) >= 11 is 6.08. The van der Waals surface area contributed by atoms with Crippen molar-refractivity contribution in [2.45, 2.75) is 19.9 Å². The zero-order valence-corrected chi connectivity index (χ0v) is 20.2. The lowest BCUT2D eigenvalue weighted by Crippen LogP contribution is -2.46. The minimum atomic E-state index is -0.521. The van der Waals surface area contributed by atoms with Crippen molar-refractivity contribution >= 4 is 28.9 Å². The third kappa shape index (κ3) is 4.38. The zero-order valence-electron chi connectivity index (χ0n) is 19.4. The van der Waals surface area contributed by atoms with Gasteiger partial charge >= 0.3 is 6.03 Å². The maximum absolute atomic E-state index is 13.3. The van der Waals surface area contributed by atoms with E-state index in [1.165, 1.54) is 0 Å². The van der Waals surface area contributed by atoms with Gasteiger partial charge in [0.2, 0.25) is 5.82 Å². The molecule has 2 amide bonds. The zero-order chi connectivity index (χ0) is 24.5. The number of aryl methyl sites for hydroxylation is 1. The van der Waals surface area contributed by atoms with E-state index in [4.69, 9.17) is 25.8 Å². The van der Waals surface area contributed by atoms with Gasteiger partial charge in [-0.05, 0) is 61.9 Å². The van der Waals surface area contributed by atoms with Gasteiger partial charge in [0, 0.05) is 16.3 Å². The average molecular weight is 487 g/mol. The van der Waals surface area contributed by atoms with Crippen LogP contribution in [0, 0.1) is 6.92 Å². The Bertz CT molecular complexity index is 1430. The highest BCUT2D eigenvalue weighted by Gasteiger charge is 2.36. The van der Waals surface area contributed by atoms with Crippen molar-refractivity contribution in [3.63, 3.8) is 0 Å². The number of benzene rings is 3. The van der Waals surface area contributed by atoms with Gasteiger partial charge < -0.3 is 14.6 Å². The predicted molar refractivity (Wildman–Crippen MR) is 135 cm³/mol. The summed E-state index contributed by atoms with van der Waals surface area (Å²) in [6.45, 7) is 3.88. The number of halogens is 1. The molecule has 0 saturated heterocycles.